The predicted molar refractivity (Wildman–Crippen MR) is 87.2 cm³/mol. The molecule has 22 heavy (non-hydrogen) atoms. The Kier molecular flexibility index (Phi) is 18.7. The summed E-state index contributed by atoms with van der Waals surface area (Å²) in [6.07, 6.45) is 1.34. The summed E-state index contributed by atoms with van der Waals surface area (Å²) < 4.78 is 20.7. The van der Waals surface area contributed by atoms with Gasteiger partial charge in [0.15, 0.2) is 0 Å². The van der Waals surface area contributed by atoms with Crippen LogP contribution < -0.4 is 0 Å². The minimum absolute atomic E-state index is 0.0789. The predicted octanol–water partition coefficient (Wildman–Crippen LogP) is 1.62. The standard InChI is InChI=1S/2C8H18O3/c1-8(2,3)11-7-6-10-5-4-9;1-3-8(2)11-7-6-10-5-4-9/h9H,4-7H2,1-3H3;8-9H,3-7H2,1-2H3. The average Bonchev–Trinajstić information content (AvgIpc) is 2.46. The molecule has 0 saturated carbocycles. The number of aliphatic hydroxyl groups is 2. The molecule has 0 amide bonds. The van der Waals surface area contributed by atoms with Crippen LogP contribution in [0.2, 0.25) is 0 Å². The molecule has 0 aliphatic rings. The molecule has 136 valence electrons. The zero-order chi connectivity index (χ0) is 17.3. The molecule has 0 spiro atoms. The van der Waals surface area contributed by atoms with E-state index in [4.69, 9.17) is 29.2 Å². The number of ether oxygens (including phenoxy) is 4. The highest BCUT2D eigenvalue weighted by Crippen LogP contribution is 2.05. The number of hydrogen-bond acceptors (Lipinski definition) is 6. The van der Waals surface area contributed by atoms with Crippen molar-refractivity contribution in [2.24, 2.45) is 0 Å². The zero-order valence-corrected chi connectivity index (χ0v) is 15.0. The second-order valence-corrected chi connectivity index (χ2v) is 5.72. The summed E-state index contributed by atoms with van der Waals surface area (Å²) in [5, 5.41) is 16.7. The first-order valence-electron chi connectivity index (χ1n) is 8.00. The van der Waals surface area contributed by atoms with Gasteiger partial charge in [-0.25, -0.2) is 0 Å². The fourth-order valence-corrected chi connectivity index (χ4v) is 1.17. The Morgan fingerprint density at radius 2 is 1.32 bits per heavy atom. The Morgan fingerprint density at radius 1 is 0.818 bits per heavy atom. The smallest absolute Gasteiger partial charge is 0.0707 e. The van der Waals surface area contributed by atoms with Gasteiger partial charge in [0.25, 0.3) is 0 Å². The lowest BCUT2D eigenvalue weighted by Gasteiger charge is -2.19. The van der Waals surface area contributed by atoms with Gasteiger partial charge < -0.3 is 29.2 Å². The molecule has 0 saturated heterocycles. The minimum Gasteiger partial charge on any atom is -0.394 e. The molecule has 0 rings (SSSR count). The zero-order valence-electron chi connectivity index (χ0n) is 15.0. The van der Waals surface area contributed by atoms with E-state index in [2.05, 4.69) is 6.92 Å². The largest absolute Gasteiger partial charge is 0.394 e. The van der Waals surface area contributed by atoms with Crippen LogP contribution in [0.3, 0.4) is 0 Å². The summed E-state index contributed by atoms with van der Waals surface area (Å²) in [5.41, 5.74) is -0.0947. The minimum atomic E-state index is -0.0947. The van der Waals surface area contributed by atoms with Crippen LogP contribution in [0.25, 0.3) is 0 Å². The van der Waals surface area contributed by atoms with Crippen molar-refractivity contribution in [3.05, 3.63) is 0 Å². The van der Waals surface area contributed by atoms with Gasteiger partial charge in [0.05, 0.1) is 64.6 Å². The number of aliphatic hydroxyl groups excluding tert-OH is 2. The van der Waals surface area contributed by atoms with Crippen LogP contribution in [-0.4, -0.2) is 74.8 Å². The quantitative estimate of drug-likeness (QED) is 0.531. The first-order valence-corrected chi connectivity index (χ1v) is 8.00. The number of rotatable bonds is 12. The Morgan fingerprint density at radius 3 is 1.73 bits per heavy atom. The lowest BCUT2D eigenvalue weighted by molar-refractivity contribution is -0.0384. The third-order valence-corrected chi connectivity index (χ3v) is 2.44. The highest BCUT2D eigenvalue weighted by molar-refractivity contribution is 4.57. The second kappa shape index (κ2) is 17.1. The van der Waals surface area contributed by atoms with Crippen molar-refractivity contribution in [3.8, 4) is 0 Å². The maximum absolute atomic E-state index is 8.36. The fraction of sp³-hybridized carbons (Fsp3) is 1.00. The molecule has 0 aliphatic carbocycles. The van der Waals surface area contributed by atoms with E-state index < -0.39 is 0 Å². The van der Waals surface area contributed by atoms with E-state index in [0.717, 1.165) is 6.42 Å². The molecule has 0 radical (unpaired) electrons. The molecule has 1 unspecified atom stereocenters. The van der Waals surface area contributed by atoms with Crippen LogP contribution in [-0.2, 0) is 18.9 Å². The van der Waals surface area contributed by atoms with Crippen LogP contribution in [0.5, 0.6) is 0 Å². The average molecular weight is 324 g/mol. The SMILES string of the molecule is CC(C)(C)OCCOCCO.CCC(C)OCCOCCO. The maximum Gasteiger partial charge on any atom is 0.0707 e. The molecular weight excluding hydrogens is 288 g/mol. The Labute approximate surface area is 135 Å². The highest BCUT2D eigenvalue weighted by atomic mass is 16.5. The molecule has 0 aromatic heterocycles. The normalized spacial score (nSPS) is 12.7. The van der Waals surface area contributed by atoms with Crippen molar-refractivity contribution in [1.29, 1.82) is 0 Å². The molecule has 6 nitrogen and oxygen atoms in total. The van der Waals surface area contributed by atoms with Gasteiger partial charge >= 0.3 is 0 Å². The first kappa shape index (κ1) is 24.0. The molecule has 0 aromatic rings. The van der Waals surface area contributed by atoms with Crippen molar-refractivity contribution in [3.63, 3.8) is 0 Å². The van der Waals surface area contributed by atoms with Gasteiger partial charge in [-0.2, -0.15) is 0 Å². The van der Waals surface area contributed by atoms with Gasteiger partial charge in [0, 0.05) is 0 Å². The molecule has 0 fully saturated rings. The second-order valence-electron chi connectivity index (χ2n) is 5.72. The fourth-order valence-electron chi connectivity index (χ4n) is 1.17. The maximum atomic E-state index is 8.36. The summed E-state index contributed by atoms with van der Waals surface area (Å²) in [4.78, 5) is 0. The Bertz CT molecular complexity index is 205. The van der Waals surface area contributed by atoms with Crippen molar-refractivity contribution in [1.82, 2.24) is 0 Å². The molecule has 0 aromatic carbocycles. The molecular formula is C16H36O6. The van der Waals surface area contributed by atoms with E-state index >= 15 is 0 Å². The third kappa shape index (κ3) is 24.8. The summed E-state index contributed by atoms with van der Waals surface area (Å²) in [6.45, 7) is 13.4. The lowest BCUT2D eigenvalue weighted by atomic mass is 10.2. The molecule has 2 N–H and O–H groups in total. The van der Waals surface area contributed by atoms with E-state index in [-0.39, 0.29) is 18.8 Å². The Hall–Kier alpha value is -0.240. The molecule has 0 heterocycles. The van der Waals surface area contributed by atoms with Crippen LogP contribution in [0, 0.1) is 0 Å². The van der Waals surface area contributed by atoms with Crippen LogP contribution in [0.4, 0.5) is 0 Å². The molecule has 6 heteroatoms. The van der Waals surface area contributed by atoms with Crippen molar-refractivity contribution >= 4 is 0 Å². The van der Waals surface area contributed by atoms with E-state index in [0.29, 0.717) is 45.7 Å². The van der Waals surface area contributed by atoms with Gasteiger partial charge in [-0.3, -0.25) is 0 Å². The monoisotopic (exact) mass is 324 g/mol. The van der Waals surface area contributed by atoms with Crippen LogP contribution in [0.15, 0.2) is 0 Å². The molecule has 1 atom stereocenters. The van der Waals surface area contributed by atoms with Crippen LogP contribution >= 0.6 is 0 Å². The van der Waals surface area contributed by atoms with Crippen molar-refractivity contribution in [2.45, 2.75) is 52.7 Å². The molecule has 0 aliphatic heterocycles. The summed E-state index contributed by atoms with van der Waals surface area (Å²) in [7, 11) is 0. The lowest BCUT2D eigenvalue weighted by Crippen LogP contribution is -2.22. The van der Waals surface area contributed by atoms with E-state index in [1.807, 2.05) is 27.7 Å². The van der Waals surface area contributed by atoms with E-state index in [9.17, 15) is 0 Å². The Balaban J connectivity index is 0. The number of hydrogen-bond donors (Lipinski definition) is 2. The van der Waals surface area contributed by atoms with Gasteiger partial charge in [0.1, 0.15) is 0 Å². The van der Waals surface area contributed by atoms with Gasteiger partial charge in [-0.05, 0) is 34.1 Å². The van der Waals surface area contributed by atoms with Gasteiger partial charge in [0.2, 0.25) is 0 Å². The topological polar surface area (TPSA) is 77.4 Å². The van der Waals surface area contributed by atoms with E-state index in [1.165, 1.54) is 0 Å². The summed E-state index contributed by atoms with van der Waals surface area (Å²) in [6, 6.07) is 0. The summed E-state index contributed by atoms with van der Waals surface area (Å²) >= 11 is 0. The summed E-state index contributed by atoms with van der Waals surface area (Å²) in [5.74, 6) is 0. The van der Waals surface area contributed by atoms with Crippen molar-refractivity contribution in [2.75, 3.05) is 52.9 Å². The molecule has 0 bridgehead atoms. The van der Waals surface area contributed by atoms with Crippen LogP contribution in [0.1, 0.15) is 41.0 Å². The van der Waals surface area contributed by atoms with Gasteiger partial charge in [-0.15, -0.1) is 0 Å². The van der Waals surface area contributed by atoms with Gasteiger partial charge in [-0.1, -0.05) is 6.92 Å². The van der Waals surface area contributed by atoms with Crippen molar-refractivity contribution < 1.29 is 29.2 Å². The van der Waals surface area contributed by atoms with E-state index in [1.54, 1.807) is 0 Å². The third-order valence-electron chi connectivity index (χ3n) is 2.44. The first-order chi connectivity index (χ1) is 10.4. The highest BCUT2D eigenvalue weighted by Gasteiger charge is 2.08.